The van der Waals surface area contributed by atoms with Gasteiger partial charge in [0.05, 0.1) is 22.4 Å². The van der Waals surface area contributed by atoms with Crippen molar-refractivity contribution >= 4 is 55.2 Å². The van der Waals surface area contributed by atoms with Crippen molar-refractivity contribution in [2.45, 2.75) is 19.9 Å². The highest BCUT2D eigenvalue weighted by molar-refractivity contribution is 9.10. The van der Waals surface area contributed by atoms with Crippen LogP contribution in [0.1, 0.15) is 31.4 Å². The van der Waals surface area contributed by atoms with E-state index in [0.717, 1.165) is 20.1 Å². The van der Waals surface area contributed by atoms with Crippen LogP contribution in [0.15, 0.2) is 112 Å². The standard InChI is InChI=1S/C31H22Br2N2O5S/c1-3-38-30(37)27-17(2)34-31-35(28(27)25-15-14-24(40-25)19-6-10-21(33)11-7-19)29(36)26(41-31)16-22-12-13-23(39-22)18-4-8-20(32)9-5-18/h4-16,28H,3H2,1-2H3/b26-16-/t28-/m0/s1. The van der Waals surface area contributed by atoms with Gasteiger partial charge >= 0.3 is 5.97 Å². The molecule has 0 saturated carbocycles. The molecule has 0 N–H and O–H groups in total. The van der Waals surface area contributed by atoms with E-state index in [1.165, 1.54) is 15.9 Å². The number of allylic oxidation sites excluding steroid dienone is 1. The van der Waals surface area contributed by atoms with Crippen LogP contribution < -0.4 is 14.9 Å². The van der Waals surface area contributed by atoms with Crippen molar-refractivity contribution in [3.8, 4) is 22.6 Å². The Labute approximate surface area is 255 Å². The molecule has 0 spiro atoms. The van der Waals surface area contributed by atoms with E-state index in [-0.39, 0.29) is 17.7 Å². The molecule has 3 aromatic heterocycles. The van der Waals surface area contributed by atoms with Crippen molar-refractivity contribution in [1.82, 2.24) is 4.57 Å². The molecule has 1 aliphatic heterocycles. The molecule has 2 aromatic carbocycles. The molecule has 0 saturated heterocycles. The second kappa shape index (κ2) is 11.3. The molecule has 0 aliphatic carbocycles. The molecule has 0 radical (unpaired) electrons. The fraction of sp³-hybridized carbons (Fsp3) is 0.129. The van der Waals surface area contributed by atoms with Crippen molar-refractivity contribution < 1.29 is 18.4 Å². The number of rotatable bonds is 6. The van der Waals surface area contributed by atoms with Gasteiger partial charge in [0, 0.05) is 26.1 Å². The molecule has 7 nitrogen and oxygen atoms in total. The van der Waals surface area contributed by atoms with Gasteiger partial charge in [-0.3, -0.25) is 9.36 Å². The van der Waals surface area contributed by atoms with Crippen LogP contribution in [0.5, 0.6) is 0 Å². The lowest BCUT2D eigenvalue weighted by Crippen LogP contribution is -2.39. The summed E-state index contributed by atoms with van der Waals surface area (Å²) in [6.07, 6.45) is 1.70. The number of thiazole rings is 1. The number of carbonyl (C=O) groups excluding carboxylic acids is 1. The number of hydrogen-bond acceptors (Lipinski definition) is 7. The molecule has 0 amide bonds. The Balaban J connectivity index is 1.45. The summed E-state index contributed by atoms with van der Waals surface area (Å²) in [5.74, 6) is 1.72. The zero-order valence-electron chi connectivity index (χ0n) is 21.9. The Kier molecular flexibility index (Phi) is 7.54. The molecule has 0 bridgehead atoms. The average molecular weight is 694 g/mol. The summed E-state index contributed by atoms with van der Waals surface area (Å²) < 4.78 is 21.5. The number of hydrogen-bond donors (Lipinski definition) is 0. The molecule has 0 unspecified atom stereocenters. The van der Waals surface area contributed by atoms with Gasteiger partial charge in [-0.15, -0.1) is 0 Å². The Morgan fingerprint density at radius 2 is 1.56 bits per heavy atom. The Hall–Kier alpha value is -3.73. The fourth-order valence-corrected chi connectivity index (χ4v) is 6.21. The molecule has 10 heteroatoms. The van der Waals surface area contributed by atoms with Crippen LogP contribution in [-0.4, -0.2) is 17.1 Å². The van der Waals surface area contributed by atoms with Gasteiger partial charge in [-0.2, -0.15) is 0 Å². The van der Waals surface area contributed by atoms with Crippen molar-refractivity contribution in [3.05, 3.63) is 124 Å². The third-order valence-electron chi connectivity index (χ3n) is 6.57. The van der Waals surface area contributed by atoms with E-state index in [0.29, 0.717) is 38.1 Å². The summed E-state index contributed by atoms with van der Waals surface area (Å²) in [4.78, 5) is 32.1. The lowest BCUT2D eigenvalue weighted by Gasteiger charge is -2.22. The molecule has 1 atom stereocenters. The molecule has 6 rings (SSSR count). The van der Waals surface area contributed by atoms with Gasteiger partial charge in [-0.1, -0.05) is 67.5 Å². The van der Waals surface area contributed by atoms with Crippen molar-refractivity contribution in [2.24, 2.45) is 4.99 Å². The maximum Gasteiger partial charge on any atom is 0.338 e. The Bertz CT molecular complexity index is 1980. The normalized spacial score (nSPS) is 15.1. The summed E-state index contributed by atoms with van der Waals surface area (Å²) in [6.45, 7) is 3.67. The van der Waals surface area contributed by atoms with Gasteiger partial charge in [-0.25, -0.2) is 9.79 Å². The summed E-state index contributed by atoms with van der Waals surface area (Å²) in [6, 6.07) is 21.9. The van der Waals surface area contributed by atoms with E-state index in [1.54, 1.807) is 26.0 Å². The molecular formula is C31H22Br2N2O5S. The number of halogens is 2. The quantitative estimate of drug-likeness (QED) is 0.182. The highest BCUT2D eigenvalue weighted by atomic mass is 79.9. The van der Waals surface area contributed by atoms with E-state index in [9.17, 15) is 9.59 Å². The van der Waals surface area contributed by atoms with E-state index in [4.69, 9.17) is 13.6 Å². The van der Waals surface area contributed by atoms with Crippen LogP contribution in [0.4, 0.5) is 0 Å². The average Bonchev–Trinajstić information content (AvgIpc) is 3.69. The summed E-state index contributed by atoms with van der Waals surface area (Å²) >= 11 is 8.12. The van der Waals surface area contributed by atoms with Crippen LogP contribution in [0.2, 0.25) is 0 Å². The number of ether oxygens (including phenoxy) is 1. The minimum atomic E-state index is -0.841. The number of benzene rings is 2. The third-order valence-corrected chi connectivity index (χ3v) is 8.61. The van der Waals surface area contributed by atoms with E-state index < -0.39 is 12.0 Å². The predicted octanol–water partition coefficient (Wildman–Crippen LogP) is 6.84. The first kappa shape index (κ1) is 27.4. The maximum absolute atomic E-state index is 13.9. The number of esters is 1. The molecule has 5 aromatic rings. The molecule has 41 heavy (non-hydrogen) atoms. The van der Waals surface area contributed by atoms with Crippen molar-refractivity contribution in [2.75, 3.05) is 6.61 Å². The van der Waals surface area contributed by atoms with Gasteiger partial charge in [0.1, 0.15) is 29.1 Å². The second-order valence-corrected chi connectivity index (χ2v) is 12.1. The number of nitrogens with zero attached hydrogens (tertiary/aromatic N) is 2. The molecule has 1 aliphatic rings. The summed E-state index contributed by atoms with van der Waals surface area (Å²) in [5, 5.41) is 0. The highest BCUT2D eigenvalue weighted by Crippen LogP contribution is 2.34. The van der Waals surface area contributed by atoms with E-state index in [1.807, 2.05) is 66.7 Å². The van der Waals surface area contributed by atoms with Crippen LogP contribution in [0.25, 0.3) is 28.7 Å². The zero-order chi connectivity index (χ0) is 28.7. The lowest BCUT2D eigenvalue weighted by atomic mass is 10.0. The van der Waals surface area contributed by atoms with Gasteiger partial charge in [-0.05, 0) is 62.4 Å². The van der Waals surface area contributed by atoms with Gasteiger partial charge < -0.3 is 13.6 Å². The van der Waals surface area contributed by atoms with Crippen molar-refractivity contribution in [1.29, 1.82) is 0 Å². The summed E-state index contributed by atoms with van der Waals surface area (Å²) in [7, 11) is 0. The highest BCUT2D eigenvalue weighted by Gasteiger charge is 2.35. The van der Waals surface area contributed by atoms with Crippen LogP contribution in [0.3, 0.4) is 0 Å². The maximum atomic E-state index is 13.9. The number of fused-ring (bicyclic) bond motifs is 1. The fourth-order valence-electron chi connectivity index (χ4n) is 4.66. The minimum absolute atomic E-state index is 0.189. The predicted molar refractivity (Wildman–Crippen MR) is 164 cm³/mol. The molecule has 4 heterocycles. The first-order valence-electron chi connectivity index (χ1n) is 12.7. The van der Waals surface area contributed by atoms with Crippen LogP contribution in [-0.2, 0) is 9.53 Å². The zero-order valence-corrected chi connectivity index (χ0v) is 25.9. The molecular weight excluding hydrogens is 672 g/mol. The number of aromatic nitrogens is 1. The molecule has 206 valence electrons. The molecule has 0 fully saturated rings. The summed E-state index contributed by atoms with van der Waals surface area (Å²) in [5.41, 5.74) is 2.21. The SMILES string of the molecule is CCOC(=O)C1=C(C)N=c2s/c(=C\c3ccc(-c4ccc(Br)cc4)o3)c(=O)n2[C@H]1c1ccc(-c2ccc(Br)cc2)o1. The van der Waals surface area contributed by atoms with Crippen LogP contribution in [0, 0.1) is 0 Å². The van der Waals surface area contributed by atoms with E-state index in [2.05, 4.69) is 36.9 Å². The monoisotopic (exact) mass is 692 g/mol. The van der Waals surface area contributed by atoms with Gasteiger partial charge in [0.15, 0.2) is 4.80 Å². The first-order valence-corrected chi connectivity index (χ1v) is 15.1. The van der Waals surface area contributed by atoms with E-state index >= 15 is 0 Å². The van der Waals surface area contributed by atoms with Crippen molar-refractivity contribution in [3.63, 3.8) is 0 Å². The smallest absolute Gasteiger partial charge is 0.338 e. The number of carbonyl (C=O) groups is 1. The lowest BCUT2D eigenvalue weighted by molar-refractivity contribution is -0.139. The van der Waals surface area contributed by atoms with Crippen LogP contribution >= 0.6 is 43.2 Å². The first-order chi connectivity index (χ1) is 19.8. The topological polar surface area (TPSA) is 86.9 Å². The minimum Gasteiger partial charge on any atom is -0.463 e. The largest absolute Gasteiger partial charge is 0.463 e. The third kappa shape index (κ3) is 5.35. The van der Waals surface area contributed by atoms with Gasteiger partial charge in [0.25, 0.3) is 5.56 Å². The Morgan fingerprint density at radius 1 is 0.951 bits per heavy atom. The van der Waals surface area contributed by atoms with Gasteiger partial charge in [0.2, 0.25) is 0 Å². The second-order valence-electron chi connectivity index (χ2n) is 9.22. The Morgan fingerprint density at radius 3 is 2.20 bits per heavy atom. The number of furan rings is 2.